The summed E-state index contributed by atoms with van der Waals surface area (Å²) in [4.78, 5) is 13.7. The summed E-state index contributed by atoms with van der Waals surface area (Å²) in [5.41, 5.74) is 0. The molecule has 5 heteroatoms. The Balaban J connectivity index is 2.18. The van der Waals surface area contributed by atoms with Crippen LogP contribution >= 0.6 is 27.3 Å². The monoisotopic (exact) mass is 304 g/mol. The molecule has 0 spiro atoms. The van der Waals surface area contributed by atoms with Gasteiger partial charge in [-0.25, -0.2) is 0 Å². The summed E-state index contributed by atoms with van der Waals surface area (Å²) in [5, 5.41) is 6.03. The van der Waals surface area contributed by atoms with Crippen molar-refractivity contribution >= 4 is 33.2 Å². The molecule has 0 atom stereocenters. The lowest BCUT2D eigenvalue weighted by Crippen LogP contribution is -2.27. The van der Waals surface area contributed by atoms with Crippen molar-refractivity contribution in [2.45, 2.75) is 26.8 Å². The number of halogens is 1. The van der Waals surface area contributed by atoms with Crippen LogP contribution in [-0.4, -0.2) is 19.0 Å². The van der Waals surface area contributed by atoms with E-state index < -0.39 is 0 Å². The number of rotatable bonds is 6. The zero-order valence-electron chi connectivity index (χ0n) is 9.60. The number of hydrogen-bond acceptors (Lipinski definition) is 3. The van der Waals surface area contributed by atoms with E-state index in [9.17, 15) is 4.79 Å². The van der Waals surface area contributed by atoms with Crippen LogP contribution in [0.15, 0.2) is 10.5 Å². The first kappa shape index (κ1) is 13.7. The molecule has 16 heavy (non-hydrogen) atoms. The van der Waals surface area contributed by atoms with Crippen LogP contribution < -0.4 is 10.6 Å². The molecule has 1 heterocycles. The Hall–Kier alpha value is -0.390. The average Bonchev–Trinajstić information content (AvgIpc) is 2.54. The number of carbonyl (C=O) groups excluding carboxylic acids is 1. The number of amides is 1. The summed E-state index contributed by atoms with van der Waals surface area (Å²) in [6.07, 6.45) is 0.541. The topological polar surface area (TPSA) is 41.1 Å². The van der Waals surface area contributed by atoms with Crippen LogP contribution in [0.25, 0.3) is 0 Å². The van der Waals surface area contributed by atoms with Gasteiger partial charge in [0.25, 0.3) is 0 Å². The zero-order valence-corrected chi connectivity index (χ0v) is 12.0. The number of carbonyl (C=O) groups is 1. The molecule has 1 rings (SSSR count). The molecule has 3 nitrogen and oxygen atoms in total. The molecule has 1 aromatic heterocycles. The minimum atomic E-state index is 0.110. The number of thiophene rings is 1. The van der Waals surface area contributed by atoms with Gasteiger partial charge in [-0.1, -0.05) is 0 Å². The smallest absolute Gasteiger partial charge is 0.221 e. The van der Waals surface area contributed by atoms with E-state index in [4.69, 9.17) is 0 Å². The molecule has 0 aliphatic carbocycles. The van der Waals surface area contributed by atoms with Crippen molar-refractivity contribution in [2.75, 3.05) is 13.1 Å². The molecule has 0 fully saturated rings. The molecule has 0 saturated heterocycles. The first-order valence-electron chi connectivity index (χ1n) is 5.35. The van der Waals surface area contributed by atoms with E-state index in [1.54, 1.807) is 11.3 Å². The van der Waals surface area contributed by atoms with Gasteiger partial charge in [0.05, 0.1) is 0 Å². The van der Waals surface area contributed by atoms with Crippen molar-refractivity contribution in [1.29, 1.82) is 0 Å². The van der Waals surface area contributed by atoms with E-state index in [0.29, 0.717) is 13.0 Å². The third-order valence-electron chi connectivity index (χ3n) is 2.11. The van der Waals surface area contributed by atoms with Crippen molar-refractivity contribution in [1.82, 2.24) is 10.6 Å². The van der Waals surface area contributed by atoms with Crippen molar-refractivity contribution in [2.24, 2.45) is 0 Å². The van der Waals surface area contributed by atoms with E-state index in [1.807, 2.05) is 6.92 Å². The highest BCUT2D eigenvalue weighted by Crippen LogP contribution is 2.25. The fourth-order valence-corrected chi connectivity index (χ4v) is 2.88. The third kappa shape index (κ3) is 4.63. The lowest BCUT2D eigenvalue weighted by atomic mass is 10.3. The van der Waals surface area contributed by atoms with Crippen LogP contribution in [0.1, 0.15) is 23.1 Å². The van der Waals surface area contributed by atoms with Gasteiger partial charge in [0.1, 0.15) is 0 Å². The summed E-state index contributed by atoms with van der Waals surface area (Å²) in [6.45, 7) is 6.27. The molecule has 90 valence electrons. The van der Waals surface area contributed by atoms with Crippen LogP contribution in [0.4, 0.5) is 0 Å². The van der Waals surface area contributed by atoms with E-state index in [1.165, 1.54) is 9.75 Å². The second kappa shape index (κ2) is 7.04. The maximum Gasteiger partial charge on any atom is 0.221 e. The Labute approximate surface area is 109 Å². The first-order chi connectivity index (χ1) is 7.63. The van der Waals surface area contributed by atoms with Crippen LogP contribution in [0.2, 0.25) is 0 Å². The minimum absolute atomic E-state index is 0.110. The predicted molar refractivity (Wildman–Crippen MR) is 71.8 cm³/mol. The van der Waals surface area contributed by atoms with Crippen LogP contribution in [0.3, 0.4) is 0 Å². The Kier molecular flexibility index (Phi) is 6.01. The number of aryl methyl sites for hydroxylation is 1. The largest absolute Gasteiger partial charge is 0.356 e. The maximum absolute atomic E-state index is 11.2. The minimum Gasteiger partial charge on any atom is -0.356 e. The zero-order chi connectivity index (χ0) is 12.0. The standard InChI is InChI=1S/C11H17BrN2OS/c1-3-14-11(15)4-5-13-7-9-6-10(12)8(2)16-9/h6,13H,3-5,7H2,1-2H3,(H,14,15). The lowest BCUT2D eigenvalue weighted by molar-refractivity contribution is -0.120. The predicted octanol–water partition coefficient (Wildman–Crippen LogP) is 2.43. The maximum atomic E-state index is 11.2. The molecule has 0 unspecified atom stereocenters. The van der Waals surface area contributed by atoms with E-state index in [2.05, 4.69) is 39.6 Å². The first-order valence-corrected chi connectivity index (χ1v) is 6.96. The van der Waals surface area contributed by atoms with Gasteiger partial charge in [-0.15, -0.1) is 11.3 Å². The second-order valence-electron chi connectivity index (χ2n) is 3.50. The molecule has 0 saturated carbocycles. The third-order valence-corrected chi connectivity index (χ3v) is 4.25. The number of nitrogens with one attached hydrogen (secondary N) is 2. The highest BCUT2D eigenvalue weighted by atomic mass is 79.9. The normalized spacial score (nSPS) is 10.4. The fourth-order valence-electron chi connectivity index (χ4n) is 1.30. The van der Waals surface area contributed by atoms with Crippen molar-refractivity contribution in [3.63, 3.8) is 0 Å². The van der Waals surface area contributed by atoms with E-state index >= 15 is 0 Å². The highest BCUT2D eigenvalue weighted by Gasteiger charge is 2.03. The summed E-state index contributed by atoms with van der Waals surface area (Å²) in [5.74, 6) is 0.110. The highest BCUT2D eigenvalue weighted by molar-refractivity contribution is 9.10. The SMILES string of the molecule is CCNC(=O)CCNCc1cc(Br)c(C)s1. The van der Waals surface area contributed by atoms with Gasteiger partial charge in [-0.05, 0) is 35.8 Å². The molecule has 0 aliphatic heterocycles. The van der Waals surface area contributed by atoms with Crippen molar-refractivity contribution in [3.05, 3.63) is 20.3 Å². The molecule has 0 radical (unpaired) electrons. The molecular formula is C11H17BrN2OS. The quantitative estimate of drug-likeness (QED) is 0.793. The molecule has 0 bridgehead atoms. The van der Waals surface area contributed by atoms with Crippen molar-refractivity contribution in [3.8, 4) is 0 Å². The van der Waals surface area contributed by atoms with Gasteiger partial charge >= 0.3 is 0 Å². The fraction of sp³-hybridized carbons (Fsp3) is 0.545. The summed E-state index contributed by atoms with van der Waals surface area (Å²) in [6, 6.07) is 2.12. The Morgan fingerprint density at radius 2 is 2.31 bits per heavy atom. The molecule has 1 aromatic rings. The Morgan fingerprint density at radius 3 is 2.88 bits per heavy atom. The van der Waals surface area contributed by atoms with Crippen LogP contribution in [0.5, 0.6) is 0 Å². The lowest BCUT2D eigenvalue weighted by Gasteiger charge is -2.03. The van der Waals surface area contributed by atoms with Gasteiger partial charge in [-0.3, -0.25) is 4.79 Å². The van der Waals surface area contributed by atoms with Gasteiger partial charge in [0.2, 0.25) is 5.91 Å². The number of hydrogen-bond donors (Lipinski definition) is 2. The molecule has 0 aliphatic rings. The van der Waals surface area contributed by atoms with Crippen molar-refractivity contribution < 1.29 is 4.79 Å². The molecule has 2 N–H and O–H groups in total. The molecular weight excluding hydrogens is 288 g/mol. The second-order valence-corrected chi connectivity index (χ2v) is 5.69. The summed E-state index contributed by atoms with van der Waals surface area (Å²) in [7, 11) is 0. The molecule has 0 aromatic carbocycles. The van der Waals surface area contributed by atoms with Gasteiger partial charge in [-0.2, -0.15) is 0 Å². The Bertz CT molecular complexity index is 332. The van der Waals surface area contributed by atoms with Gasteiger partial charge < -0.3 is 10.6 Å². The average molecular weight is 305 g/mol. The van der Waals surface area contributed by atoms with E-state index in [0.717, 1.165) is 17.6 Å². The summed E-state index contributed by atoms with van der Waals surface area (Å²) >= 11 is 5.26. The van der Waals surface area contributed by atoms with Gasteiger partial charge in [0, 0.05) is 40.3 Å². The van der Waals surface area contributed by atoms with Crippen LogP contribution in [0, 0.1) is 6.92 Å². The van der Waals surface area contributed by atoms with Crippen LogP contribution in [-0.2, 0) is 11.3 Å². The Morgan fingerprint density at radius 1 is 1.56 bits per heavy atom. The summed E-state index contributed by atoms with van der Waals surface area (Å²) < 4.78 is 1.16. The molecule has 1 amide bonds. The van der Waals surface area contributed by atoms with Gasteiger partial charge in [0.15, 0.2) is 0 Å². The van der Waals surface area contributed by atoms with E-state index in [-0.39, 0.29) is 5.91 Å².